The summed E-state index contributed by atoms with van der Waals surface area (Å²) in [6.45, 7) is 4.25. The van der Waals surface area contributed by atoms with Crippen molar-refractivity contribution in [2.45, 2.75) is 38.3 Å². The summed E-state index contributed by atoms with van der Waals surface area (Å²) in [6.07, 6.45) is 2.07. The number of carbonyl (C=O) groups excluding carboxylic acids is 1. The fourth-order valence-corrected chi connectivity index (χ4v) is 2.40. The predicted octanol–water partition coefficient (Wildman–Crippen LogP) is 1.12. The lowest BCUT2D eigenvalue weighted by molar-refractivity contribution is -0.682. The molecule has 3 N–H and O–H groups in total. The van der Waals surface area contributed by atoms with E-state index in [1.165, 1.54) is 5.56 Å². The summed E-state index contributed by atoms with van der Waals surface area (Å²) in [7, 11) is 0. The zero-order valence-corrected chi connectivity index (χ0v) is 12.1. The number of hydrogen-bond acceptors (Lipinski definition) is 2. The van der Waals surface area contributed by atoms with E-state index in [1.54, 1.807) is 0 Å². The van der Waals surface area contributed by atoms with Crippen LogP contribution < -0.4 is 10.6 Å². The average molecular weight is 272 g/mol. The van der Waals surface area contributed by atoms with Gasteiger partial charge in [-0.05, 0) is 32.6 Å². The Balaban J connectivity index is 1.82. The summed E-state index contributed by atoms with van der Waals surface area (Å²) in [5, 5.41) is 14.1. The number of hydrogen-bond donors (Lipinski definition) is 2. The lowest BCUT2D eigenvalue weighted by atomic mass is 9.98. The third-order valence-corrected chi connectivity index (χ3v) is 4.01. The SMILES string of the molecule is C[C@@H]([NH2+]CC(=O)N[C@](C)(C#N)C1CC1)c1ccccc1. The number of benzene rings is 1. The van der Waals surface area contributed by atoms with E-state index >= 15 is 0 Å². The van der Waals surface area contributed by atoms with Crippen molar-refractivity contribution in [2.24, 2.45) is 5.92 Å². The normalized spacial score (nSPS) is 18.6. The van der Waals surface area contributed by atoms with Crippen molar-refractivity contribution in [3.8, 4) is 6.07 Å². The van der Waals surface area contributed by atoms with E-state index < -0.39 is 5.54 Å². The van der Waals surface area contributed by atoms with Gasteiger partial charge in [0.15, 0.2) is 6.54 Å². The van der Waals surface area contributed by atoms with Crippen LogP contribution in [0.1, 0.15) is 38.3 Å². The van der Waals surface area contributed by atoms with Crippen LogP contribution in [0, 0.1) is 17.2 Å². The van der Waals surface area contributed by atoms with Crippen LogP contribution in [0.2, 0.25) is 0 Å². The predicted molar refractivity (Wildman–Crippen MR) is 76.5 cm³/mol. The number of quaternary nitrogens is 1. The second-order valence-corrected chi connectivity index (χ2v) is 5.78. The molecule has 2 atom stereocenters. The fourth-order valence-electron chi connectivity index (χ4n) is 2.40. The van der Waals surface area contributed by atoms with E-state index in [-0.39, 0.29) is 11.9 Å². The molecular weight excluding hydrogens is 250 g/mol. The lowest BCUT2D eigenvalue weighted by Gasteiger charge is -2.22. The minimum Gasteiger partial charge on any atom is -0.333 e. The van der Waals surface area contributed by atoms with Gasteiger partial charge < -0.3 is 10.6 Å². The van der Waals surface area contributed by atoms with Crippen molar-refractivity contribution in [3.63, 3.8) is 0 Å². The van der Waals surface area contributed by atoms with Crippen LogP contribution in [0.4, 0.5) is 0 Å². The second-order valence-electron chi connectivity index (χ2n) is 5.78. The first kappa shape index (κ1) is 14.5. The fraction of sp³-hybridized carbons (Fsp3) is 0.500. The van der Waals surface area contributed by atoms with E-state index in [1.807, 2.05) is 30.4 Å². The van der Waals surface area contributed by atoms with Crippen molar-refractivity contribution in [1.29, 1.82) is 5.26 Å². The molecule has 1 saturated carbocycles. The highest BCUT2D eigenvalue weighted by Gasteiger charge is 2.43. The van der Waals surface area contributed by atoms with Gasteiger partial charge in [-0.15, -0.1) is 0 Å². The highest BCUT2D eigenvalue weighted by atomic mass is 16.2. The summed E-state index contributed by atoms with van der Waals surface area (Å²) < 4.78 is 0. The number of rotatable bonds is 6. The molecule has 0 spiro atoms. The minimum absolute atomic E-state index is 0.0660. The Labute approximate surface area is 120 Å². The van der Waals surface area contributed by atoms with Crippen LogP contribution in [-0.2, 0) is 4.79 Å². The van der Waals surface area contributed by atoms with E-state index in [2.05, 4.69) is 30.4 Å². The van der Waals surface area contributed by atoms with Crippen LogP contribution in [-0.4, -0.2) is 18.0 Å². The highest BCUT2D eigenvalue weighted by molar-refractivity contribution is 5.78. The minimum atomic E-state index is -0.694. The molecule has 0 saturated heterocycles. The van der Waals surface area contributed by atoms with E-state index in [9.17, 15) is 10.1 Å². The molecule has 0 unspecified atom stereocenters. The molecule has 0 aromatic heterocycles. The van der Waals surface area contributed by atoms with Crippen molar-refractivity contribution < 1.29 is 10.1 Å². The molecule has 4 nitrogen and oxygen atoms in total. The molecule has 0 radical (unpaired) electrons. The summed E-state index contributed by atoms with van der Waals surface area (Å²) in [5.74, 6) is 0.256. The first-order valence-electron chi connectivity index (χ1n) is 7.15. The maximum Gasteiger partial charge on any atom is 0.276 e. The molecule has 0 aliphatic heterocycles. The van der Waals surface area contributed by atoms with Crippen LogP contribution in [0.5, 0.6) is 0 Å². The van der Waals surface area contributed by atoms with Crippen molar-refractivity contribution >= 4 is 5.91 Å². The molecule has 0 heterocycles. The van der Waals surface area contributed by atoms with Crippen molar-refractivity contribution in [3.05, 3.63) is 35.9 Å². The number of nitrogens with zero attached hydrogens (tertiary/aromatic N) is 1. The average Bonchev–Trinajstić information content (AvgIpc) is 3.30. The molecule has 4 heteroatoms. The molecule has 1 aromatic carbocycles. The molecule has 1 amide bonds. The number of nitrogens with one attached hydrogen (secondary N) is 1. The number of carbonyl (C=O) groups is 1. The van der Waals surface area contributed by atoms with Crippen LogP contribution >= 0.6 is 0 Å². The quantitative estimate of drug-likeness (QED) is 0.814. The Hall–Kier alpha value is -1.86. The molecule has 2 rings (SSSR count). The molecule has 106 valence electrons. The van der Waals surface area contributed by atoms with Gasteiger partial charge in [-0.25, -0.2) is 0 Å². The van der Waals surface area contributed by atoms with Crippen LogP contribution in [0.25, 0.3) is 0 Å². The van der Waals surface area contributed by atoms with E-state index in [4.69, 9.17) is 0 Å². The summed E-state index contributed by atoms with van der Waals surface area (Å²) in [4.78, 5) is 12.0. The Morgan fingerprint density at radius 1 is 1.50 bits per heavy atom. The van der Waals surface area contributed by atoms with Gasteiger partial charge in [0.1, 0.15) is 11.6 Å². The molecule has 1 aromatic rings. The first-order valence-corrected chi connectivity index (χ1v) is 7.15. The maximum atomic E-state index is 12.0. The Kier molecular flexibility index (Phi) is 4.41. The molecule has 0 bridgehead atoms. The monoisotopic (exact) mass is 272 g/mol. The van der Waals surface area contributed by atoms with E-state index in [0.717, 1.165) is 12.8 Å². The highest BCUT2D eigenvalue weighted by Crippen LogP contribution is 2.39. The number of nitrogens with two attached hydrogens (primary N) is 1. The molecule has 1 fully saturated rings. The largest absolute Gasteiger partial charge is 0.333 e. The molecular formula is C16H22N3O+. The third-order valence-electron chi connectivity index (χ3n) is 4.01. The van der Waals surface area contributed by atoms with Gasteiger partial charge in [0.05, 0.1) is 6.07 Å². The topological polar surface area (TPSA) is 69.5 Å². The zero-order chi connectivity index (χ0) is 14.6. The van der Waals surface area contributed by atoms with Gasteiger partial charge in [0.2, 0.25) is 0 Å². The Morgan fingerprint density at radius 3 is 2.70 bits per heavy atom. The lowest BCUT2D eigenvalue weighted by Crippen LogP contribution is -2.87. The van der Waals surface area contributed by atoms with Gasteiger partial charge in [-0.2, -0.15) is 5.26 Å². The number of nitriles is 1. The standard InChI is InChI=1S/C16H21N3O/c1-12(13-6-4-3-5-7-13)18-10-15(20)19-16(2,11-17)14-8-9-14/h3-7,12,14,18H,8-10H2,1-2H3,(H,19,20)/p+1/t12-,16-/m1/s1. The summed E-state index contributed by atoms with van der Waals surface area (Å²) >= 11 is 0. The van der Waals surface area contributed by atoms with Gasteiger partial charge in [0.25, 0.3) is 5.91 Å². The number of amides is 1. The maximum absolute atomic E-state index is 12.0. The Morgan fingerprint density at radius 2 is 2.15 bits per heavy atom. The van der Waals surface area contributed by atoms with Gasteiger partial charge in [-0.3, -0.25) is 4.79 Å². The zero-order valence-electron chi connectivity index (χ0n) is 12.1. The smallest absolute Gasteiger partial charge is 0.276 e. The second kappa shape index (κ2) is 6.06. The molecule has 1 aliphatic rings. The summed E-state index contributed by atoms with van der Waals surface area (Å²) in [5.41, 5.74) is 0.506. The molecule has 1 aliphatic carbocycles. The first-order chi connectivity index (χ1) is 9.55. The van der Waals surface area contributed by atoms with Gasteiger partial charge >= 0.3 is 0 Å². The van der Waals surface area contributed by atoms with Crippen LogP contribution in [0.15, 0.2) is 30.3 Å². The van der Waals surface area contributed by atoms with Crippen molar-refractivity contribution in [2.75, 3.05) is 6.54 Å². The van der Waals surface area contributed by atoms with E-state index in [0.29, 0.717) is 12.5 Å². The molecule has 20 heavy (non-hydrogen) atoms. The van der Waals surface area contributed by atoms with Crippen LogP contribution in [0.3, 0.4) is 0 Å². The van der Waals surface area contributed by atoms with Crippen molar-refractivity contribution in [1.82, 2.24) is 5.32 Å². The Bertz CT molecular complexity index is 504. The van der Waals surface area contributed by atoms with Gasteiger partial charge in [-0.1, -0.05) is 30.3 Å². The van der Waals surface area contributed by atoms with Gasteiger partial charge in [0, 0.05) is 5.56 Å². The summed E-state index contributed by atoms with van der Waals surface area (Å²) in [6, 6.07) is 12.6. The third kappa shape index (κ3) is 3.58.